The molecule has 0 aliphatic carbocycles. The van der Waals surface area contributed by atoms with Gasteiger partial charge in [0.2, 0.25) is 0 Å². The van der Waals surface area contributed by atoms with E-state index in [4.69, 9.17) is 0 Å². The highest BCUT2D eigenvalue weighted by atomic mass is 127. The van der Waals surface area contributed by atoms with Crippen LogP contribution in [0.25, 0.3) is 10.9 Å². The number of carbonyl (C=O) groups excluding carboxylic acids is 1. The quantitative estimate of drug-likeness (QED) is 0.482. The van der Waals surface area contributed by atoms with Crippen molar-refractivity contribution in [2.75, 3.05) is 0 Å². The molecule has 0 bridgehead atoms. The number of nitrogens with zero attached hydrogens (tertiary/aromatic N) is 2. The van der Waals surface area contributed by atoms with Gasteiger partial charge in [0.05, 0.1) is 23.8 Å². The number of aromatic nitrogens is 2. The molecule has 0 saturated heterocycles. The van der Waals surface area contributed by atoms with Crippen LogP contribution in [-0.2, 0) is 13.0 Å². The van der Waals surface area contributed by atoms with Crippen LogP contribution in [0.15, 0.2) is 53.6 Å². The molecule has 0 aliphatic heterocycles. The van der Waals surface area contributed by atoms with Gasteiger partial charge >= 0.3 is 0 Å². The van der Waals surface area contributed by atoms with E-state index < -0.39 is 0 Å². The minimum atomic E-state index is -0.188. The van der Waals surface area contributed by atoms with Gasteiger partial charge in [0.25, 0.3) is 5.56 Å². The molecular weight excluding hydrogens is 403 g/mol. The van der Waals surface area contributed by atoms with Crippen molar-refractivity contribution in [3.63, 3.8) is 0 Å². The number of halogens is 1. The summed E-state index contributed by atoms with van der Waals surface area (Å²) in [5.74, 6) is -0.0958. The number of hydrogen-bond donors (Lipinski definition) is 0. The Kier molecular flexibility index (Phi) is 4.56. The summed E-state index contributed by atoms with van der Waals surface area (Å²) in [5, 5.41) is 0.536. The second-order valence-electron chi connectivity index (χ2n) is 5.31. The summed E-state index contributed by atoms with van der Waals surface area (Å²) in [4.78, 5) is 29.2. The largest absolute Gasteiger partial charge is 0.292 e. The summed E-state index contributed by atoms with van der Waals surface area (Å²) >= 11 is 2.15. The van der Waals surface area contributed by atoms with Crippen LogP contribution in [0.4, 0.5) is 0 Å². The van der Waals surface area contributed by atoms with Crippen LogP contribution in [0, 0.1) is 3.57 Å². The minimum Gasteiger partial charge on any atom is -0.292 e. The Hall–Kier alpha value is -2.02. The lowest BCUT2D eigenvalue weighted by molar-refractivity contribution is 0.0970. The molecule has 0 amide bonds. The number of aryl methyl sites for hydroxylation is 1. The highest BCUT2D eigenvalue weighted by Gasteiger charge is 2.10. The lowest BCUT2D eigenvalue weighted by Crippen LogP contribution is -2.24. The van der Waals surface area contributed by atoms with Crippen molar-refractivity contribution in [3.05, 3.63) is 73.8 Å². The molecule has 5 heteroatoms. The van der Waals surface area contributed by atoms with Crippen molar-refractivity contribution in [1.29, 1.82) is 0 Å². The Balaban J connectivity index is 1.92. The molecule has 3 aromatic rings. The highest BCUT2D eigenvalue weighted by molar-refractivity contribution is 14.1. The maximum absolute atomic E-state index is 12.5. The molecule has 0 spiro atoms. The number of ketones is 1. The number of rotatable bonds is 4. The third kappa shape index (κ3) is 3.34. The smallest absolute Gasteiger partial charge is 0.261 e. The van der Waals surface area contributed by atoms with E-state index in [-0.39, 0.29) is 17.9 Å². The summed E-state index contributed by atoms with van der Waals surface area (Å²) in [6.45, 7) is 2.07. The molecule has 2 aromatic carbocycles. The van der Waals surface area contributed by atoms with Gasteiger partial charge in [-0.2, -0.15) is 0 Å². The first-order chi connectivity index (χ1) is 11.1. The molecular formula is C18H15IN2O2. The van der Waals surface area contributed by atoms with Crippen LogP contribution in [0.5, 0.6) is 0 Å². The van der Waals surface area contributed by atoms with Gasteiger partial charge in [-0.05, 0) is 52.8 Å². The summed E-state index contributed by atoms with van der Waals surface area (Å²) in [6.07, 6.45) is 2.37. The summed E-state index contributed by atoms with van der Waals surface area (Å²) in [5.41, 5.74) is 2.25. The molecule has 0 radical (unpaired) electrons. The third-order valence-electron chi connectivity index (χ3n) is 3.78. The molecule has 116 valence electrons. The van der Waals surface area contributed by atoms with E-state index in [2.05, 4.69) is 34.5 Å². The molecule has 0 fully saturated rings. The minimum absolute atomic E-state index is 0.00127. The number of hydrogen-bond acceptors (Lipinski definition) is 3. The average Bonchev–Trinajstić information content (AvgIpc) is 2.58. The molecule has 1 heterocycles. The second kappa shape index (κ2) is 6.62. The van der Waals surface area contributed by atoms with Crippen LogP contribution >= 0.6 is 22.6 Å². The van der Waals surface area contributed by atoms with Gasteiger partial charge in [0, 0.05) is 9.13 Å². The van der Waals surface area contributed by atoms with Crippen LogP contribution < -0.4 is 5.56 Å². The van der Waals surface area contributed by atoms with Crippen molar-refractivity contribution < 1.29 is 4.79 Å². The van der Waals surface area contributed by atoms with Crippen molar-refractivity contribution in [2.24, 2.45) is 0 Å². The van der Waals surface area contributed by atoms with Gasteiger partial charge in [-0.15, -0.1) is 0 Å². The van der Waals surface area contributed by atoms with Gasteiger partial charge in [0.1, 0.15) is 0 Å². The maximum atomic E-state index is 12.5. The normalized spacial score (nSPS) is 10.9. The highest BCUT2D eigenvalue weighted by Crippen LogP contribution is 2.12. The van der Waals surface area contributed by atoms with Gasteiger partial charge in [-0.25, -0.2) is 4.98 Å². The van der Waals surface area contributed by atoms with Crippen molar-refractivity contribution >= 4 is 39.3 Å². The zero-order chi connectivity index (χ0) is 16.4. The average molecular weight is 418 g/mol. The van der Waals surface area contributed by atoms with Crippen molar-refractivity contribution in [3.8, 4) is 0 Å². The summed E-state index contributed by atoms with van der Waals surface area (Å²) < 4.78 is 2.34. The van der Waals surface area contributed by atoms with Gasteiger partial charge in [-0.1, -0.05) is 31.2 Å². The Morgan fingerprint density at radius 2 is 1.91 bits per heavy atom. The summed E-state index contributed by atoms with van der Waals surface area (Å²) in [6, 6.07) is 13.0. The first-order valence-electron chi connectivity index (χ1n) is 7.35. The van der Waals surface area contributed by atoms with E-state index in [9.17, 15) is 9.59 Å². The standard InChI is InChI=1S/C18H15IN2O2/c1-2-12-3-5-13(6-4-12)17(22)10-21-11-20-16-8-7-14(19)9-15(16)18(21)23/h3-9,11H,2,10H2,1H3. The van der Waals surface area contributed by atoms with E-state index >= 15 is 0 Å². The Morgan fingerprint density at radius 1 is 1.17 bits per heavy atom. The van der Waals surface area contributed by atoms with Gasteiger partial charge < -0.3 is 0 Å². The van der Waals surface area contributed by atoms with Crippen LogP contribution in [0.1, 0.15) is 22.8 Å². The zero-order valence-corrected chi connectivity index (χ0v) is 14.8. The molecule has 0 N–H and O–H groups in total. The van der Waals surface area contributed by atoms with E-state index in [1.54, 1.807) is 6.07 Å². The Bertz CT molecular complexity index is 930. The molecule has 0 aliphatic rings. The molecule has 23 heavy (non-hydrogen) atoms. The fourth-order valence-electron chi connectivity index (χ4n) is 2.42. The van der Waals surface area contributed by atoms with E-state index in [1.165, 1.54) is 16.5 Å². The topological polar surface area (TPSA) is 52.0 Å². The molecule has 1 aromatic heterocycles. The van der Waals surface area contributed by atoms with Gasteiger partial charge in [0.15, 0.2) is 5.78 Å². The van der Waals surface area contributed by atoms with E-state index in [1.807, 2.05) is 36.4 Å². The first kappa shape index (κ1) is 15.9. The van der Waals surface area contributed by atoms with E-state index in [0.717, 1.165) is 9.99 Å². The van der Waals surface area contributed by atoms with Crippen LogP contribution in [0.2, 0.25) is 0 Å². The Morgan fingerprint density at radius 3 is 2.61 bits per heavy atom. The van der Waals surface area contributed by atoms with Gasteiger partial charge in [-0.3, -0.25) is 14.2 Å². The molecule has 0 unspecified atom stereocenters. The maximum Gasteiger partial charge on any atom is 0.261 e. The SMILES string of the molecule is CCc1ccc(C(=O)Cn2cnc3ccc(I)cc3c2=O)cc1. The lowest BCUT2D eigenvalue weighted by Gasteiger charge is -2.07. The predicted molar refractivity (Wildman–Crippen MR) is 98.9 cm³/mol. The monoisotopic (exact) mass is 418 g/mol. The van der Waals surface area contributed by atoms with E-state index in [0.29, 0.717) is 16.5 Å². The molecule has 0 saturated carbocycles. The molecule has 4 nitrogen and oxygen atoms in total. The Labute approximate surface area is 147 Å². The van der Waals surface area contributed by atoms with Crippen molar-refractivity contribution in [2.45, 2.75) is 19.9 Å². The predicted octanol–water partition coefficient (Wildman–Crippen LogP) is 3.45. The molecule has 3 rings (SSSR count). The second-order valence-corrected chi connectivity index (χ2v) is 6.56. The first-order valence-corrected chi connectivity index (χ1v) is 8.43. The molecule has 0 atom stereocenters. The third-order valence-corrected chi connectivity index (χ3v) is 4.46. The number of benzene rings is 2. The summed E-state index contributed by atoms with van der Waals surface area (Å²) in [7, 11) is 0. The lowest BCUT2D eigenvalue weighted by atomic mass is 10.1. The van der Waals surface area contributed by atoms with Crippen LogP contribution in [0.3, 0.4) is 0 Å². The fourth-order valence-corrected chi connectivity index (χ4v) is 2.91. The fraction of sp³-hybridized carbons (Fsp3) is 0.167. The van der Waals surface area contributed by atoms with Crippen LogP contribution in [-0.4, -0.2) is 15.3 Å². The zero-order valence-electron chi connectivity index (χ0n) is 12.6. The number of carbonyl (C=O) groups is 1. The number of fused-ring (bicyclic) bond motifs is 1. The number of Topliss-reactive ketones (excluding diaryl/α,β-unsaturated/α-hetero) is 1. The van der Waals surface area contributed by atoms with Crippen molar-refractivity contribution in [1.82, 2.24) is 9.55 Å².